The highest BCUT2D eigenvalue weighted by Gasteiger charge is 2.17. The van der Waals surface area contributed by atoms with Crippen LogP contribution >= 0.6 is 12.4 Å². The zero-order valence-electron chi connectivity index (χ0n) is 11.7. The van der Waals surface area contributed by atoms with Gasteiger partial charge >= 0.3 is 5.97 Å². The highest BCUT2D eigenvalue weighted by molar-refractivity contribution is 5.94. The standard InChI is InChI=1S/C14H17NO4.ClH/c1-4-18-14(17)13-7-9-10(8-15(2)3)11(16)5-6-12(9)19-13;/h5-7,16H,4,8H2,1-3H3;1H. The van der Waals surface area contributed by atoms with Gasteiger partial charge in [-0.25, -0.2) is 4.79 Å². The van der Waals surface area contributed by atoms with E-state index in [0.717, 1.165) is 10.9 Å². The van der Waals surface area contributed by atoms with Crippen molar-refractivity contribution in [1.29, 1.82) is 0 Å². The Labute approximate surface area is 123 Å². The minimum atomic E-state index is -0.492. The molecule has 1 N–H and O–H groups in total. The number of nitrogens with zero attached hydrogens (tertiary/aromatic N) is 1. The number of hydrogen-bond donors (Lipinski definition) is 1. The number of aromatic hydroxyl groups is 1. The molecule has 0 spiro atoms. The monoisotopic (exact) mass is 299 g/mol. The first kappa shape index (κ1) is 16.3. The lowest BCUT2D eigenvalue weighted by Crippen LogP contribution is -2.10. The Hall–Kier alpha value is -1.72. The summed E-state index contributed by atoms with van der Waals surface area (Å²) >= 11 is 0. The number of phenolic OH excluding ortho intramolecular Hbond substituents is 1. The molecule has 0 radical (unpaired) electrons. The Morgan fingerprint density at radius 3 is 2.70 bits per heavy atom. The van der Waals surface area contributed by atoms with Gasteiger partial charge in [0.15, 0.2) is 0 Å². The van der Waals surface area contributed by atoms with Crippen molar-refractivity contribution in [2.75, 3.05) is 20.7 Å². The molecule has 0 bridgehead atoms. The van der Waals surface area contributed by atoms with E-state index in [1.165, 1.54) is 0 Å². The number of benzene rings is 1. The summed E-state index contributed by atoms with van der Waals surface area (Å²) in [6.07, 6.45) is 0. The average molecular weight is 300 g/mol. The number of carbonyl (C=O) groups is 1. The Balaban J connectivity index is 0.00000200. The van der Waals surface area contributed by atoms with Gasteiger partial charge in [0.1, 0.15) is 11.3 Å². The predicted octanol–water partition coefficient (Wildman–Crippen LogP) is 2.80. The number of hydrogen-bond acceptors (Lipinski definition) is 5. The molecular formula is C14H18ClNO4. The van der Waals surface area contributed by atoms with E-state index >= 15 is 0 Å². The number of carbonyl (C=O) groups excluding carboxylic acids is 1. The fraction of sp³-hybridized carbons (Fsp3) is 0.357. The Morgan fingerprint density at radius 2 is 2.10 bits per heavy atom. The smallest absolute Gasteiger partial charge is 0.374 e. The van der Waals surface area contributed by atoms with Crippen LogP contribution in [0.25, 0.3) is 11.0 Å². The SMILES string of the molecule is CCOC(=O)c1cc2c(CN(C)C)c(O)ccc2o1.Cl. The summed E-state index contributed by atoms with van der Waals surface area (Å²) in [5.41, 5.74) is 1.31. The minimum Gasteiger partial charge on any atom is -0.508 e. The largest absolute Gasteiger partial charge is 0.508 e. The lowest BCUT2D eigenvalue weighted by Gasteiger charge is -2.11. The van der Waals surface area contributed by atoms with Crippen LogP contribution in [0.15, 0.2) is 22.6 Å². The van der Waals surface area contributed by atoms with Crippen LogP contribution in [0.5, 0.6) is 5.75 Å². The lowest BCUT2D eigenvalue weighted by molar-refractivity contribution is 0.0492. The van der Waals surface area contributed by atoms with Crippen LogP contribution in [0, 0.1) is 0 Å². The normalized spacial score (nSPS) is 10.6. The predicted molar refractivity (Wildman–Crippen MR) is 78.5 cm³/mol. The molecule has 1 aromatic heterocycles. The van der Waals surface area contributed by atoms with Gasteiger partial charge in [-0.1, -0.05) is 0 Å². The molecule has 0 fully saturated rings. The molecule has 1 heterocycles. The molecule has 0 saturated heterocycles. The molecule has 0 aliphatic rings. The third-order valence-electron chi connectivity index (χ3n) is 2.74. The average Bonchev–Trinajstić information content (AvgIpc) is 2.77. The van der Waals surface area contributed by atoms with Gasteiger partial charge < -0.3 is 19.2 Å². The molecule has 0 aliphatic carbocycles. The topological polar surface area (TPSA) is 62.9 Å². The second kappa shape index (κ2) is 6.63. The van der Waals surface area contributed by atoms with Crippen molar-refractivity contribution in [3.8, 4) is 5.75 Å². The number of rotatable bonds is 4. The summed E-state index contributed by atoms with van der Waals surface area (Å²) in [6, 6.07) is 4.83. The molecule has 6 heteroatoms. The van der Waals surface area contributed by atoms with Crippen molar-refractivity contribution in [3.63, 3.8) is 0 Å². The number of ether oxygens (including phenoxy) is 1. The lowest BCUT2D eigenvalue weighted by atomic mass is 10.1. The van der Waals surface area contributed by atoms with Crippen LogP contribution < -0.4 is 0 Å². The molecule has 110 valence electrons. The van der Waals surface area contributed by atoms with Crippen LogP contribution in [0.3, 0.4) is 0 Å². The van der Waals surface area contributed by atoms with Gasteiger partial charge in [0.2, 0.25) is 5.76 Å². The van der Waals surface area contributed by atoms with E-state index in [1.807, 2.05) is 19.0 Å². The number of halogens is 1. The van der Waals surface area contributed by atoms with Gasteiger partial charge in [0, 0.05) is 17.5 Å². The maximum Gasteiger partial charge on any atom is 0.374 e. The van der Waals surface area contributed by atoms with Crippen molar-refractivity contribution in [2.45, 2.75) is 13.5 Å². The third kappa shape index (κ3) is 3.23. The molecule has 2 aromatic rings. The van der Waals surface area contributed by atoms with Gasteiger partial charge in [-0.05, 0) is 39.2 Å². The van der Waals surface area contributed by atoms with E-state index in [9.17, 15) is 9.90 Å². The molecule has 0 aliphatic heterocycles. The maximum absolute atomic E-state index is 11.6. The molecule has 0 unspecified atom stereocenters. The summed E-state index contributed by atoms with van der Waals surface area (Å²) in [5.74, 6) is -0.145. The fourth-order valence-corrected chi connectivity index (χ4v) is 1.94. The van der Waals surface area contributed by atoms with E-state index in [1.54, 1.807) is 25.1 Å². The summed E-state index contributed by atoms with van der Waals surface area (Å²) in [4.78, 5) is 13.6. The van der Waals surface area contributed by atoms with Crippen LogP contribution in [-0.2, 0) is 11.3 Å². The van der Waals surface area contributed by atoms with E-state index in [2.05, 4.69) is 0 Å². The Bertz CT molecular complexity index is 606. The fourth-order valence-electron chi connectivity index (χ4n) is 1.94. The zero-order chi connectivity index (χ0) is 14.0. The summed E-state index contributed by atoms with van der Waals surface area (Å²) < 4.78 is 10.4. The maximum atomic E-state index is 11.6. The van der Waals surface area contributed by atoms with Crippen LogP contribution in [-0.4, -0.2) is 36.7 Å². The number of fused-ring (bicyclic) bond motifs is 1. The minimum absolute atomic E-state index is 0. The van der Waals surface area contributed by atoms with E-state index in [4.69, 9.17) is 9.15 Å². The van der Waals surface area contributed by atoms with Gasteiger partial charge in [0.05, 0.1) is 6.61 Å². The molecule has 0 atom stereocenters. The molecule has 0 amide bonds. The van der Waals surface area contributed by atoms with Crippen molar-refractivity contribution in [3.05, 3.63) is 29.5 Å². The summed E-state index contributed by atoms with van der Waals surface area (Å²) in [7, 11) is 3.81. The van der Waals surface area contributed by atoms with Crippen molar-refractivity contribution >= 4 is 29.3 Å². The van der Waals surface area contributed by atoms with Crippen molar-refractivity contribution < 1.29 is 19.1 Å². The van der Waals surface area contributed by atoms with E-state index in [0.29, 0.717) is 18.7 Å². The quantitative estimate of drug-likeness (QED) is 0.880. The Morgan fingerprint density at radius 1 is 1.40 bits per heavy atom. The first-order chi connectivity index (χ1) is 9.02. The van der Waals surface area contributed by atoms with Crippen LogP contribution in [0.2, 0.25) is 0 Å². The van der Waals surface area contributed by atoms with Crippen molar-refractivity contribution in [1.82, 2.24) is 4.90 Å². The van der Waals surface area contributed by atoms with Gasteiger partial charge in [-0.15, -0.1) is 12.4 Å². The summed E-state index contributed by atoms with van der Waals surface area (Å²) in [5, 5.41) is 10.7. The zero-order valence-corrected chi connectivity index (χ0v) is 12.5. The second-order valence-corrected chi connectivity index (χ2v) is 4.54. The highest BCUT2D eigenvalue weighted by Crippen LogP contribution is 2.30. The second-order valence-electron chi connectivity index (χ2n) is 4.54. The van der Waals surface area contributed by atoms with Gasteiger partial charge in [-0.3, -0.25) is 0 Å². The third-order valence-corrected chi connectivity index (χ3v) is 2.74. The van der Waals surface area contributed by atoms with Gasteiger partial charge in [0.25, 0.3) is 0 Å². The molecular weight excluding hydrogens is 282 g/mol. The van der Waals surface area contributed by atoms with Gasteiger partial charge in [-0.2, -0.15) is 0 Å². The number of esters is 1. The van der Waals surface area contributed by atoms with Crippen LogP contribution in [0.1, 0.15) is 23.0 Å². The molecule has 20 heavy (non-hydrogen) atoms. The Kier molecular flexibility index (Phi) is 5.42. The first-order valence-corrected chi connectivity index (χ1v) is 6.09. The first-order valence-electron chi connectivity index (χ1n) is 6.09. The number of phenols is 1. The highest BCUT2D eigenvalue weighted by atomic mass is 35.5. The van der Waals surface area contributed by atoms with E-state index < -0.39 is 5.97 Å². The molecule has 0 saturated carbocycles. The molecule has 1 aromatic carbocycles. The van der Waals surface area contributed by atoms with Crippen molar-refractivity contribution in [2.24, 2.45) is 0 Å². The molecule has 5 nitrogen and oxygen atoms in total. The summed E-state index contributed by atoms with van der Waals surface area (Å²) in [6.45, 7) is 2.60. The molecule has 2 rings (SSSR count). The van der Waals surface area contributed by atoms with Crippen LogP contribution in [0.4, 0.5) is 0 Å². The number of furan rings is 1. The van der Waals surface area contributed by atoms with E-state index in [-0.39, 0.29) is 23.9 Å².